The van der Waals surface area contributed by atoms with Crippen LogP contribution in [0.5, 0.6) is 5.75 Å². The van der Waals surface area contributed by atoms with Crippen LogP contribution in [0.4, 0.5) is 0 Å². The molecule has 20 heavy (non-hydrogen) atoms. The molecular formula is C13H15BrN2O4. The van der Waals surface area contributed by atoms with Crippen molar-refractivity contribution in [1.82, 2.24) is 5.43 Å². The summed E-state index contributed by atoms with van der Waals surface area (Å²) in [4.78, 5) is 11.7. The van der Waals surface area contributed by atoms with Crippen molar-refractivity contribution in [1.29, 1.82) is 0 Å². The quantitative estimate of drug-likeness (QED) is 0.645. The summed E-state index contributed by atoms with van der Waals surface area (Å²) in [7, 11) is 0. The molecule has 0 bridgehead atoms. The van der Waals surface area contributed by atoms with Gasteiger partial charge in [0.25, 0.3) is 0 Å². The number of halogens is 1. The minimum Gasteiger partial charge on any atom is -0.507 e. The second-order valence-electron chi connectivity index (χ2n) is 4.51. The number of hydrazone groups is 1. The van der Waals surface area contributed by atoms with E-state index in [9.17, 15) is 9.90 Å². The number of benzene rings is 1. The predicted octanol–water partition coefficient (Wildman–Crippen LogP) is 1.76. The van der Waals surface area contributed by atoms with Crippen LogP contribution in [-0.2, 0) is 14.3 Å². The summed E-state index contributed by atoms with van der Waals surface area (Å²) in [5.41, 5.74) is 3.15. The van der Waals surface area contributed by atoms with E-state index in [0.717, 1.165) is 5.56 Å². The molecule has 0 spiro atoms. The smallest absolute Gasteiger partial charge is 0.245 e. The van der Waals surface area contributed by atoms with E-state index in [2.05, 4.69) is 26.5 Å². The summed E-state index contributed by atoms with van der Waals surface area (Å²) in [6.45, 7) is 2.71. The third-order valence-corrected chi connectivity index (χ3v) is 3.39. The average molecular weight is 343 g/mol. The van der Waals surface area contributed by atoms with Gasteiger partial charge in [0.05, 0.1) is 30.3 Å². The van der Waals surface area contributed by atoms with Crippen LogP contribution in [0.2, 0.25) is 0 Å². The number of phenols is 1. The van der Waals surface area contributed by atoms with Crippen molar-refractivity contribution in [3.05, 3.63) is 28.2 Å². The zero-order valence-corrected chi connectivity index (χ0v) is 12.5. The molecule has 1 saturated heterocycles. The predicted molar refractivity (Wildman–Crippen MR) is 76.5 cm³/mol. The summed E-state index contributed by atoms with van der Waals surface area (Å²) < 4.78 is 11.2. The SMILES string of the molecule is CC1(CC(=O)N/N=C\c2ccc(O)c(Br)c2)OCCO1. The molecule has 0 saturated carbocycles. The number of hydrogen-bond donors (Lipinski definition) is 2. The van der Waals surface area contributed by atoms with Gasteiger partial charge in [0, 0.05) is 0 Å². The van der Waals surface area contributed by atoms with Crippen LogP contribution in [0, 0.1) is 0 Å². The Labute approximate surface area is 124 Å². The summed E-state index contributed by atoms with van der Waals surface area (Å²) >= 11 is 3.20. The lowest BCUT2D eigenvalue weighted by Gasteiger charge is -2.20. The molecule has 1 heterocycles. The van der Waals surface area contributed by atoms with Crippen molar-refractivity contribution in [2.75, 3.05) is 13.2 Å². The molecule has 7 heteroatoms. The van der Waals surface area contributed by atoms with Crippen molar-refractivity contribution in [3.63, 3.8) is 0 Å². The van der Waals surface area contributed by atoms with Crippen LogP contribution in [-0.4, -0.2) is 36.2 Å². The third kappa shape index (κ3) is 4.03. The number of carbonyl (C=O) groups excluding carboxylic acids is 1. The Morgan fingerprint density at radius 3 is 2.90 bits per heavy atom. The molecule has 1 aliphatic rings. The van der Waals surface area contributed by atoms with E-state index in [1.54, 1.807) is 19.1 Å². The maximum atomic E-state index is 11.7. The van der Waals surface area contributed by atoms with Crippen molar-refractivity contribution in [2.45, 2.75) is 19.1 Å². The monoisotopic (exact) mass is 342 g/mol. The number of carbonyl (C=O) groups is 1. The minimum atomic E-state index is -0.860. The molecule has 0 aromatic heterocycles. The Kier molecular flexibility index (Phi) is 4.74. The first kappa shape index (κ1) is 15.0. The number of nitrogens with one attached hydrogen (secondary N) is 1. The largest absolute Gasteiger partial charge is 0.507 e. The van der Waals surface area contributed by atoms with Gasteiger partial charge in [0.2, 0.25) is 5.91 Å². The maximum Gasteiger partial charge on any atom is 0.245 e. The lowest BCUT2D eigenvalue weighted by Crippen LogP contribution is -2.33. The van der Waals surface area contributed by atoms with Crippen molar-refractivity contribution >= 4 is 28.1 Å². The number of nitrogens with zero attached hydrogens (tertiary/aromatic N) is 1. The third-order valence-electron chi connectivity index (χ3n) is 2.75. The van der Waals surface area contributed by atoms with Crippen LogP contribution in [0.3, 0.4) is 0 Å². The van der Waals surface area contributed by atoms with Crippen LogP contribution in [0.1, 0.15) is 18.9 Å². The molecule has 0 atom stereocenters. The normalized spacial score (nSPS) is 17.5. The molecule has 1 aliphatic heterocycles. The summed E-state index contributed by atoms with van der Waals surface area (Å²) in [6.07, 6.45) is 1.57. The van der Waals surface area contributed by atoms with E-state index in [4.69, 9.17) is 9.47 Å². The lowest BCUT2D eigenvalue weighted by atomic mass is 10.2. The Morgan fingerprint density at radius 1 is 1.55 bits per heavy atom. The number of aromatic hydroxyl groups is 1. The molecule has 1 aromatic rings. The number of ether oxygens (including phenoxy) is 2. The fourth-order valence-corrected chi connectivity index (χ4v) is 2.17. The van der Waals surface area contributed by atoms with Gasteiger partial charge in [0.15, 0.2) is 5.79 Å². The number of rotatable bonds is 4. The lowest BCUT2D eigenvalue weighted by molar-refractivity contribution is -0.159. The molecule has 1 fully saturated rings. The van der Waals surface area contributed by atoms with Crippen molar-refractivity contribution in [3.8, 4) is 5.75 Å². The average Bonchev–Trinajstić information content (AvgIpc) is 2.80. The number of phenolic OH excluding ortho intramolecular Hbond substituents is 1. The molecule has 108 valence electrons. The molecule has 0 radical (unpaired) electrons. The Hall–Kier alpha value is -1.44. The van der Waals surface area contributed by atoms with E-state index in [-0.39, 0.29) is 18.1 Å². The summed E-state index contributed by atoms with van der Waals surface area (Å²) in [5, 5.41) is 13.2. The fraction of sp³-hybridized carbons (Fsp3) is 0.385. The van der Waals surface area contributed by atoms with Crippen LogP contribution in [0.25, 0.3) is 0 Å². The van der Waals surface area contributed by atoms with Gasteiger partial charge < -0.3 is 14.6 Å². The zero-order valence-electron chi connectivity index (χ0n) is 10.9. The highest BCUT2D eigenvalue weighted by atomic mass is 79.9. The molecule has 2 rings (SSSR count). The van der Waals surface area contributed by atoms with Crippen LogP contribution in [0.15, 0.2) is 27.8 Å². The Balaban J connectivity index is 1.86. The Bertz CT molecular complexity index is 527. The van der Waals surface area contributed by atoms with Gasteiger partial charge in [-0.15, -0.1) is 0 Å². The highest BCUT2D eigenvalue weighted by molar-refractivity contribution is 9.10. The molecule has 1 aromatic carbocycles. The zero-order chi connectivity index (χ0) is 14.6. The highest BCUT2D eigenvalue weighted by Crippen LogP contribution is 2.23. The van der Waals surface area contributed by atoms with E-state index in [0.29, 0.717) is 17.7 Å². The molecular weight excluding hydrogens is 328 g/mol. The first-order chi connectivity index (χ1) is 9.48. The maximum absolute atomic E-state index is 11.7. The fourth-order valence-electron chi connectivity index (χ4n) is 1.77. The van der Waals surface area contributed by atoms with Gasteiger partial charge in [0.1, 0.15) is 5.75 Å². The number of amides is 1. The molecule has 0 aliphatic carbocycles. The second-order valence-corrected chi connectivity index (χ2v) is 5.37. The first-order valence-electron chi connectivity index (χ1n) is 6.07. The molecule has 6 nitrogen and oxygen atoms in total. The van der Waals surface area contributed by atoms with E-state index in [1.165, 1.54) is 12.3 Å². The van der Waals surface area contributed by atoms with Gasteiger partial charge in [-0.05, 0) is 46.6 Å². The van der Waals surface area contributed by atoms with E-state index in [1.807, 2.05) is 0 Å². The second kappa shape index (κ2) is 6.34. The summed E-state index contributed by atoms with van der Waals surface area (Å²) in [5.74, 6) is -1.00. The van der Waals surface area contributed by atoms with Crippen molar-refractivity contribution in [2.24, 2.45) is 5.10 Å². The van der Waals surface area contributed by atoms with Gasteiger partial charge in [-0.2, -0.15) is 5.10 Å². The minimum absolute atomic E-state index is 0.0869. The molecule has 2 N–H and O–H groups in total. The van der Waals surface area contributed by atoms with Gasteiger partial charge in [-0.1, -0.05) is 0 Å². The highest BCUT2D eigenvalue weighted by Gasteiger charge is 2.33. The van der Waals surface area contributed by atoms with E-state index >= 15 is 0 Å². The molecule has 0 unspecified atom stereocenters. The standard InChI is InChI=1S/C13H15BrN2O4/c1-13(19-4-5-20-13)7-12(18)16-15-8-9-2-3-11(17)10(14)6-9/h2-3,6,8,17H,4-5,7H2,1H3,(H,16,18)/b15-8-. The van der Waals surface area contributed by atoms with Gasteiger partial charge in [-0.3, -0.25) is 4.79 Å². The van der Waals surface area contributed by atoms with Crippen LogP contribution >= 0.6 is 15.9 Å². The van der Waals surface area contributed by atoms with Crippen molar-refractivity contribution < 1.29 is 19.4 Å². The topological polar surface area (TPSA) is 80.2 Å². The summed E-state index contributed by atoms with van der Waals surface area (Å²) in [6, 6.07) is 4.91. The molecule has 1 amide bonds. The number of hydrogen-bond acceptors (Lipinski definition) is 5. The van der Waals surface area contributed by atoms with Crippen LogP contribution < -0.4 is 5.43 Å². The van der Waals surface area contributed by atoms with Gasteiger partial charge in [-0.25, -0.2) is 5.43 Å². The first-order valence-corrected chi connectivity index (χ1v) is 6.86. The van der Waals surface area contributed by atoms with E-state index < -0.39 is 5.79 Å². The van der Waals surface area contributed by atoms with Gasteiger partial charge >= 0.3 is 0 Å². The Morgan fingerprint density at radius 2 is 2.25 bits per heavy atom.